The number of benzene rings is 3. The van der Waals surface area contributed by atoms with Crippen LogP contribution in [0.1, 0.15) is 159 Å². The zero-order chi connectivity index (χ0) is 32.8. The Morgan fingerprint density at radius 3 is 1.54 bits per heavy atom. The fourth-order valence-electron chi connectivity index (χ4n) is 7.75. The van der Waals surface area contributed by atoms with E-state index in [0.717, 1.165) is 11.3 Å². The van der Waals surface area contributed by atoms with Crippen molar-refractivity contribution in [2.45, 2.75) is 155 Å². The summed E-state index contributed by atoms with van der Waals surface area (Å²) in [5, 5.41) is 1.78. The van der Waals surface area contributed by atoms with Gasteiger partial charge in [0.05, 0.1) is 16.6 Å². The van der Waals surface area contributed by atoms with E-state index in [-0.39, 0.29) is 7.43 Å². The summed E-state index contributed by atoms with van der Waals surface area (Å²) in [7, 11) is 3.88. The Balaban J connectivity index is 0.000000525. The normalized spacial score (nSPS) is 15.7. The molecule has 258 valence electrons. The Morgan fingerprint density at radius 1 is 0.652 bits per heavy atom. The van der Waals surface area contributed by atoms with E-state index in [1.54, 1.807) is 27.6 Å². The second-order valence-electron chi connectivity index (χ2n) is 14.4. The maximum absolute atomic E-state index is 4.49. The first-order valence-corrected chi connectivity index (χ1v) is 21.8. The summed E-state index contributed by atoms with van der Waals surface area (Å²) in [5.41, 5.74) is 11.3. The van der Waals surface area contributed by atoms with Crippen LogP contribution in [0.2, 0.25) is 0 Å². The van der Waals surface area contributed by atoms with Crippen LogP contribution in [0.4, 0.5) is 0 Å². The number of rotatable bonds is 9. The van der Waals surface area contributed by atoms with Crippen molar-refractivity contribution in [1.82, 2.24) is 0 Å². The topological polar surface area (TPSA) is 0 Å². The molecule has 3 aromatic carbocycles. The summed E-state index contributed by atoms with van der Waals surface area (Å²) in [5.74, 6) is 1.65. The van der Waals surface area contributed by atoms with Gasteiger partial charge in [-0.2, -0.15) is 0 Å². The molecule has 2 aliphatic carbocycles. The predicted octanol–water partition coefficient (Wildman–Crippen LogP) is 14.0. The second-order valence-corrected chi connectivity index (χ2v) is 17.5. The average Bonchev–Trinajstić information content (AvgIpc) is 3.07. The van der Waals surface area contributed by atoms with Crippen LogP contribution in [-0.4, -0.2) is 11.3 Å². The Labute approximate surface area is 301 Å². The molecule has 0 radical (unpaired) electrons. The van der Waals surface area contributed by atoms with Crippen LogP contribution in [0.25, 0.3) is 11.1 Å². The summed E-state index contributed by atoms with van der Waals surface area (Å²) in [6.07, 6.45) is 17.2. The van der Waals surface area contributed by atoms with Gasteiger partial charge in [0.2, 0.25) is 0 Å². The molecule has 2 aliphatic rings. The van der Waals surface area contributed by atoms with Crippen molar-refractivity contribution in [3.63, 3.8) is 0 Å². The molecule has 46 heavy (non-hydrogen) atoms. The van der Waals surface area contributed by atoms with Gasteiger partial charge < -0.3 is 7.43 Å². The van der Waals surface area contributed by atoms with Crippen molar-refractivity contribution in [3.05, 3.63) is 96.4 Å². The fourth-order valence-corrected chi connectivity index (χ4v) is 12.2. The van der Waals surface area contributed by atoms with Gasteiger partial charge in [0.15, 0.2) is 0 Å². The molecule has 0 saturated heterocycles. The van der Waals surface area contributed by atoms with Gasteiger partial charge in [-0.05, 0) is 109 Å². The molecule has 0 atom stereocenters. The van der Waals surface area contributed by atoms with Crippen molar-refractivity contribution in [1.29, 1.82) is 0 Å². The van der Waals surface area contributed by atoms with Gasteiger partial charge in [0, 0.05) is 13.5 Å². The third kappa shape index (κ3) is 11.6. The summed E-state index contributed by atoms with van der Waals surface area (Å²) in [6, 6.07) is 25.5. The number of hydrogen-bond acceptors (Lipinski definition) is 0. The van der Waals surface area contributed by atoms with Crippen LogP contribution >= 0.6 is 17.5 Å². The van der Waals surface area contributed by atoms with E-state index in [0.29, 0.717) is 17.8 Å². The molecule has 0 aromatic heterocycles. The van der Waals surface area contributed by atoms with Crippen LogP contribution < -0.4 is 5.30 Å². The van der Waals surface area contributed by atoms with E-state index in [1.807, 2.05) is 0 Å². The molecule has 0 bridgehead atoms. The molecular weight excluding hydrogens is 689 g/mol. The molecule has 0 heterocycles. The Bertz CT molecular complexity index is 1190. The van der Waals surface area contributed by atoms with Crippen LogP contribution in [0.15, 0.2) is 66.7 Å². The molecule has 2 saturated carbocycles. The first-order chi connectivity index (χ1) is 21.8. The molecule has 2 fully saturated rings. The average molecular weight is 755 g/mol. The molecule has 0 spiro atoms. The Hall–Kier alpha value is -0.958. The molecular formula is C43H65ClPPd+. The zero-order valence-electron chi connectivity index (χ0n) is 30.4. The predicted molar refractivity (Wildman–Crippen MR) is 209 cm³/mol. The molecule has 0 aliphatic heterocycles. The van der Waals surface area contributed by atoms with Crippen molar-refractivity contribution < 1.29 is 18.2 Å². The molecule has 3 heteroatoms. The third-order valence-electron chi connectivity index (χ3n) is 10.1. The summed E-state index contributed by atoms with van der Waals surface area (Å²) >= 11 is 2.22. The number of halogens is 1. The fraction of sp³-hybridized carbons (Fsp3) is 0.558. The monoisotopic (exact) mass is 753 g/mol. The summed E-state index contributed by atoms with van der Waals surface area (Å²) in [6.45, 7) is 16.5. The maximum atomic E-state index is 4.49. The van der Waals surface area contributed by atoms with Crippen LogP contribution in [0.5, 0.6) is 0 Å². The van der Waals surface area contributed by atoms with Crippen LogP contribution in [0, 0.1) is 7.43 Å². The van der Waals surface area contributed by atoms with Gasteiger partial charge in [0.1, 0.15) is 0 Å². The van der Waals surface area contributed by atoms with Crippen molar-refractivity contribution in [2.24, 2.45) is 0 Å². The Kier molecular flexibility index (Phi) is 19.6. The van der Waals surface area contributed by atoms with Gasteiger partial charge in [-0.1, -0.05) is 128 Å². The quantitative estimate of drug-likeness (QED) is 0.116. The van der Waals surface area contributed by atoms with Crippen molar-refractivity contribution >= 4 is 22.8 Å². The minimum atomic E-state index is -0.610. The zero-order valence-corrected chi connectivity index (χ0v) is 33.7. The summed E-state index contributed by atoms with van der Waals surface area (Å²) < 4.78 is 0. The molecule has 0 amide bonds. The van der Waals surface area contributed by atoms with Crippen molar-refractivity contribution in [2.75, 3.05) is 0 Å². The molecule has 0 nitrogen and oxygen atoms in total. The molecule has 5 rings (SSSR count). The summed E-state index contributed by atoms with van der Waals surface area (Å²) in [4.78, 5) is 0. The standard InChI is InChI=1S/C33H49P.C9H12.CH3.ClH.Pd/c1-23(2)26-21-30(24(3)4)33(31(22-26)25(5)6)29-19-13-14-20-32(29)34(27-15-9-7-10-16-27)28-17-11-8-12-18-28;1-2-6-9-7-4-3-5-8-9;;;/h13-14,19-25,27-28H,7-12,15-18H2,1-6H3;3-5,7-8H,2,6H2,1H3;1H3;1H;/q;;-1;;+2. The van der Waals surface area contributed by atoms with Gasteiger partial charge in [0.25, 0.3) is 0 Å². The first-order valence-electron chi connectivity index (χ1n) is 18.1. The van der Waals surface area contributed by atoms with E-state index < -0.39 is 7.92 Å². The van der Waals surface area contributed by atoms with Crippen LogP contribution in [0.3, 0.4) is 0 Å². The minimum absolute atomic E-state index is 0. The molecule has 0 N–H and O–H groups in total. The van der Waals surface area contributed by atoms with E-state index >= 15 is 0 Å². The van der Waals surface area contributed by atoms with Crippen LogP contribution in [-0.2, 0) is 24.6 Å². The van der Waals surface area contributed by atoms with Crippen molar-refractivity contribution in [3.8, 4) is 11.1 Å². The van der Waals surface area contributed by atoms with E-state index in [9.17, 15) is 0 Å². The van der Waals surface area contributed by atoms with E-state index in [1.165, 1.54) is 88.2 Å². The Morgan fingerprint density at radius 2 is 1.11 bits per heavy atom. The molecule has 0 unspecified atom stereocenters. The first kappa shape index (κ1) is 41.2. The van der Waals surface area contributed by atoms with Gasteiger partial charge >= 0.3 is 27.7 Å². The van der Waals surface area contributed by atoms with Gasteiger partial charge in [-0.15, -0.1) is 0 Å². The van der Waals surface area contributed by atoms with E-state index in [4.69, 9.17) is 0 Å². The van der Waals surface area contributed by atoms with Gasteiger partial charge in [-0.25, -0.2) is 0 Å². The second kappa shape index (κ2) is 21.9. The van der Waals surface area contributed by atoms with Gasteiger partial charge in [-0.3, -0.25) is 0 Å². The number of aryl methyl sites for hydroxylation is 1. The molecule has 3 aromatic rings. The SMILES string of the molecule is CC(C)c1cc(C(C)C)c(-c2ccccc2[PH+](C2CCCCC2)C2CCCCC2)c(C(C)C)c1.CCCc1ccccc1.[CH3-].[Cl][Pd+]. The number of hydrogen-bond donors (Lipinski definition) is 0. The third-order valence-corrected chi connectivity index (χ3v) is 14.1. The van der Waals surface area contributed by atoms with E-state index in [2.05, 4.69) is 143 Å².